The number of halogens is 3. The van der Waals surface area contributed by atoms with Crippen molar-refractivity contribution < 1.29 is 22.1 Å². The Morgan fingerprint density at radius 1 is 1.04 bits per heavy atom. The zero-order valence-corrected chi connectivity index (χ0v) is 12.1. The van der Waals surface area contributed by atoms with E-state index in [0.717, 1.165) is 4.57 Å². The lowest BCUT2D eigenvalue weighted by Crippen LogP contribution is -2.15. The summed E-state index contributed by atoms with van der Waals surface area (Å²) in [6.45, 7) is -0.112. The molecule has 3 aromatic heterocycles. The highest BCUT2D eigenvalue weighted by Crippen LogP contribution is 2.32. The van der Waals surface area contributed by atoms with E-state index in [0.29, 0.717) is 22.7 Å². The van der Waals surface area contributed by atoms with Gasteiger partial charge in [-0.25, -0.2) is 4.98 Å². The summed E-state index contributed by atoms with van der Waals surface area (Å²) in [6.07, 6.45) is -3.09. The van der Waals surface area contributed by atoms with Crippen LogP contribution in [0.4, 0.5) is 13.2 Å². The number of hydrogen-bond acceptors (Lipinski definition) is 4. The van der Waals surface area contributed by atoms with E-state index < -0.39 is 12.0 Å². The molecule has 0 unspecified atom stereocenters. The van der Waals surface area contributed by atoms with Crippen molar-refractivity contribution in [3.8, 4) is 11.5 Å². The number of benzene rings is 1. The van der Waals surface area contributed by atoms with Crippen molar-refractivity contribution >= 4 is 11.0 Å². The van der Waals surface area contributed by atoms with E-state index in [9.17, 15) is 13.2 Å². The van der Waals surface area contributed by atoms with Crippen molar-refractivity contribution in [1.82, 2.24) is 14.7 Å². The van der Waals surface area contributed by atoms with E-state index in [1.54, 1.807) is 36.4 Å². The van der Waals surface area contributed by atoms with Gasteiger partial charge in [0.05, 0.1) is 23.8 Å². The molecule has 0 bridgehead atoms. The molecule has 4 rings (SSSR count). The van der Waals surface area contributed by atoms with Crippen LogP contribution < -0.4 is 0 Å². The topological polar surface area (TPSA) is 57.0 Å². The van der Waals surface area contributed by atoms with Gasteiger partial charge in [0.25, 0.3) is 0 Å². The fraction of sp³-hybridized carbons (Fsp3) is 0.125. The molecule has 0 aliphatic rings. The number of rotatable bonds is 3. The van der Waals surface area contributed by atoms with E-state index in [-0.39, 0.29) is 12.1 Å². The molecule has 0 saturated carbocycles. The molecule has 3 heterocycles. The Balaban J connectivity index is 1.77. The monoisotopic (exact) mass is 333 g/mol. The zero-order valence-electron chi connectivity index (χ0n) is 12.1. The maximum atomic E-state index is 13.3. The minimum absolute atomic E-state index is 0.112. The summed E-state index contributed by atoms with van der Waals surface area (Å²) in [7, 11) is 0. The molecule has 0 atom stereocenters. The van der Waals surface area contributed by atoms with Gasteiger partial charge in [-0.05, 0) is 24.3 Å². The molecule has 0 fully saturated rings. The Morgan fingerprint density at radius 2 is 1.88 bits per heavy atom. The van der Waals surface area contributed by atoms with Crippen LogP contribution >= 0.6 is 0 Å². The molecule has 0 N–H and O–H groups in total. The fourth-order valence-electron chi connectivity index (χ4n) is 2.54. The molecular weight excluding hydrogens is 323 g/mol. The molecule has 1 aromatic carbocycles. The van der Waals surface area contributed by atoms with E-state index in [1.807, 2.05) is 0 Å². The average Bonchev–Trinajstić information content (AvgIpc) is 3.26. The van der Waals surface area contributed by atoms with E-state index in [4.69, 9.17) is 8.94 Å². The SMILES string of the molecule is FC(F)(F)c1nc2ccccc2n1Cc1cc(-c2ccco2)on1. The van der Waals surface area contributed by atoms with Crippen LogP contribution in [-0.2, 0) is 12.7 Å². The Labute approximate surface area is 133 Å². The van der Waals surface area contributed by atoms with Gasteiger partial charge in [-0.1, -0.05) is 17.3 Å². The molecule has 24 heavy (non-hydrogen) atoms. The van der Waals surface area contributed by atoms with Gasteiger partial charge >= 0.3 is 6.18 Å². The molecular formula is C16H10F3N3O2. The summed E-state index contributed by atoms with van der Waals surface area (Å²) < 4.78 is 51.2. The Kier molecular flexibility index (Phi) is 3.19. The van der Waals surface area contributed by atoms with E-state index in [1.165, 1.54) is 12.3 Å². The van der Waals surface area contributed by atoms with Gasteiger partial charge in [-0.3, -0.25) is 0 Å². The standard InChI is InChI=1S/C16H10F3N3O2/c17-16(18,19)15-20-11-4-1-2-5-12(11)22(15)9-10-8-14(24-21-10)13-6-3-7-23-13/h1-8H,9H2. The number of furan rings is 1. The first-order chi connectivity index (χ1) is 11.5. The van der Waals surface area contributed by atoms with Crippen molar-refractivity contribution in [2.24, 2.45) is 0 Å². The Morgan fingerprint density at radius 3 is 2.62 bits per heavy atom. The molecule has 4 aromatic rings. The van der Waals surface area contributed by atoms with Gasteiger partial charge < -0.3 is 13.5 Å². The lowest BCUT2D eigenvalue weighted by Gasteiger charge is -2.09. The van der Waals surface area contributed by atoms with Crippen molar-refractivity contribution in [2.45, 2.75) is 12.7 Å². The van der Waals surface area contributed by atoms with Crippen LogP contribution in [-0.4, -0.2) is 14.7 Å². The first kappa shape index (κ1) is 14.6. The number of imidazole rings is 1. The largest absolute Gasteiger partial charge is 0.461 e. The summed E-state index contributed by atoms with van der Waals surface area (Å²) >= 11 is 0. The van der Waals surface area contributed by atoms with Gasteiger partial charge in [0.2, 0.25) is 11.6 Å². The molecule has 0 aliphatic carbocycles. The van der Waals surface area contributed by atoms with Crippen molar-refractivity contribution in [3.05, 3.63) is 60.2 Å². The Bertz CT molecular complexity index is 984. The van der Waals surface area contributed by atoms with Crippen molar-refractivity contribution in [1.29, 1.82) is 0 Å². The van der Waals surface area contributed by atoms with E-state index >= 15 is 0 Å². The quantitative estimate of drug-likeness (QED) is 0.559. The van der Waals surface area contributed by atoms with Gasteiger partial charge in [-0.2, -0.15) is 13.2 Å². The fourth-order valence-corrected chi connectivity index (χ4v) is 2.54. The molecule has 5 nitrogen and oxygen atoms in total. The zero-order chi connectivity index (χ0) is 16.7. The van der Waals surface area contributed by atoms with Crippen LogP contribution in [0.1, 0.15) is 11.5 Å². The summed E-state index contributed by atoms with van der Waals surface area (Å²) in [5.74, 6) is -0.153. The van der Waals surface area contributed by atoms with Gasteiger partial charge in [0, 0.05) is 6.07 Å². The molecule has 122 valence electrons. The Hall–Kier alpha value is -3.03. The van der Waals surface area contributed by atoms with Crippen molar-refractivity contribution in [3.63, 3.8) is 0 Å². The van der Waals surface area contributed by atoms with Crippen LogP contribution in [0, 0.1) is 0 Å². The molecule has 0 spiro atoms. The predicted molar refractivity (Wildman–Crippen MR) is 78.0 cm³/mol. The second kappa shape index (κ2) is 5.26. The maximum Gasteiger partial charge on any atom is 0.449 e. The molecule has 0 saturated heterocycles. The lowest BCUT2D eigenvalue weighted by molar-refractivity contribution is -0.146. The third-order valence-corrected chi connectivity index (χ3v) is 3.55. The molecule has 8 heteroatoms. The van der Waals surface area contributed by atoms with E-state index in [2.05, 4.69) is 10.1 Å². The number of nitrogens with zero attached hydrogens (tertiary/aromatic N) is 3. The van der Waals surface area contributed by atoms with Crippen LogP contribution in [0.3, 0.4) is 0 Å². The number of para-hydroxylation sites is 2. The highest BCUT2D eigenvalue weighted by molar-refractivity contribution is 5.76. The molecule has 0 aliphatic heterocycles. The number of hydrogen-bond donors (Lipinski definition) is 0. The van der Waals surface area contributed by atoms with Crippen LogP contribution in [0.5, 0.6) is 0 Å². The van der Waals surface area contributed by atoms with Gasteiger partial charge in [-0.15, -0.1) is 0 Å². The second-order valence-corrected chi connectivity index (χ2v) is 5.17. The number of alkyl halides is 3. The minimum atomic E-state index is -4.56. The summed E-state index contributed by atoms with van der Waals surface area (Å²) in [4.78, 5) is 3.70. The smallest absolute Gasteiger partial charge is 0.449 e. The van der Waals surface area contributed by atoms with Crippen LogP contribution in [0.2, 0.25) is 0 Å². The van der Waals surface area contributed by atoms with Gasteiger partial charge in [0.1, 0.15) is 5.69 Å². The summed E-state index contributed by atoms with van der Waals surface area (Å²) in [5.41, 5.74) is 1.00. The summed E-state index contributed by atoms with van der Waals surface area (Å²) in [6, 6.07) is 11.3. The minimum Gasteiger partial charge on any atom is -0.461 e. The van der Waals surface area contributed by atoms with Crippen molar-refractivity contribution in [2.75, 3.05) is 0 Å². The highest BCUT2D eigenvalue weighted by Gasteiger charge is 2.37. The predicted octanol–water partition coefficient (Wildman–Crippen LogP) is 4.35. The number of fused-ring (bicyclic) bond motifs is 1. The second-order valence-electron chi connectivity index (χ2n) is 5.17. The molecule has 0 radical (unpaired) electrons. The van der Waals surface area contributed by atoms with Crippen LogP contribution in [0.15, 0.2) is 57.7 Å². The third-order valence-electron chi connectivity index (χ3n) is 3.55. The first-order valence-electron chi connectivity index (χ1n) is 7.04. The number of aromatic nitrogens is 3. The summed E-state index contributed by atoms with van der Waals surface area (Å²) in [5, 5.41) is 3.83. The molecule has 0 amide bonds. The first-order valence-corrected chi connectivity index (χ1v) is 7.04. The normalized spacial score (nSPS) is 12.1. The highest BCUT2D eigenvalue weighted by atomic mass is 19.4. The van der Waals surface area contributed by atoms with Gasteiger partial charge in [0.15, 0.2) is 5.76 Å². The third kappa shape index (κ3) is 2.45. The maximum absolute atomic E-state index is 13.3. The van der Waals surface area contributed by atoms with Crippen LogP contribution in [0.25, 0.3) is 22.6 Å². The lowest BCUT2D eigenvalue weighted by atomic mass is 10.3. The average molecular weight is 333 g/mol.